The molecule has 0 amide bonds. The summed E-state index contributed by atoms with van der Waals surface area (Å²) in [5, 5.41) is 3.69. The van der Waals surface area contributed by atoms with Gasteiger partial charge in [0.1, 0.15) is 5.65 Å². The van der Waals surface area contributed by atoms with Crippen LogP contribution in [-0.2, 0) is 10.8 Å². The second-order valence-electron chi connectivity index (χ2n) is 14.4. The van der Waals surface area contributed by atoms with Crippen LogP contribution in [0.1, 0.15) is 48.6 Å². The highest BCUT2D eigenvalue weighted by atomic mass is 15.3. The second-order valence-corrected chi connectivity index (χ2v) is 14.4. The average molecular weight is 617 g/mol. The zero-order valence-electron chi connectivity index (χ0n) is 27.1. The first kappa shape index (κ1) is 26.3. The monoisotopic (exact) mass is 616 g/mol. The van der Waals surface area contributed by atoms with Crippen LogP contribution in [0.25, 0.3) is 55.6 Å². The van der Waals surface area contributed by atoms with Gasteiger partial charge in [0.15, 0.2) is 0 Å². The van der Waals surface area contributed by atoms with E-state index in [-0.39, 0.29) is 16.9 Å². The molecule has 1 aliphatic heterocycles. The Morgan fingerprint density at radius 1 is 0.667 bits per heavy atom. The molecule has 4 heteroatoms. The summed E-state index contributed by atoms with van der Waals surface area (Å²) in [7, 11) is 0. The maximum Gasteiger partial charge on any atom is 0.217 e. The molecule has 4 nitrogen and oxygen atoms in total. The zero-order valence-corrected chi connectivity index (χ0v) is 27.1. The van der Waals surface area contributed by atoms with Crippen molar-refractivity contribution in [1.29, 1.82) is 0 Å². The molecular formula is C44H32N4. The van der Waals surface area contributed by atoms with Gasteiger partial charge >= 0.3 is 0 Å². The number of hydrogen-bond acceptors (Lipinski definition) is 3. The Morgan fingerprint density at radius 2 is 1.40 bits per heavy atom. The highest BCUT2D eigenvalue weighted by molar-refractivity contribution is 6.10. The number of benzene rings is 6. The standard InChI is InChI=1S/C44H32N4/c1-43(2)31-18-8-5-15-28(31)39-38-27(14-12-19-32(38)43)25-36-40(39)44(3)30-17-7-4-13-26(30)23-24-37(44)47(36)42-46-33-20-9-6-16-29(33)41-45-34-21-10-11-22-35(34)48(41)42/h4-25,37H,1-3H3. The molecule has 0 radical (unpaired) electrons. The highest BCUT2D eigenvalue weighted by Crippen LogP contribution is 2.62. The number of para-hydroxylation sites is 3. The smallest absolute Gasteiger partial charge is 0.217 e. The molecule has 228 valence electrons. The predicted molar refractivity (Wildman–Crippen MR) is 197 cm³/mol. The molecule has 0 saturated heterocycles. The summed E-state index contributed by atoms with van der Waals surface area (Å²) in [6.07, 6.45) is 4.74. The number of hydrogen-bond donors (Lipinski definition) is 0. The molecule has 0 bridgehead atoms. The Morgan fingerprint density at radius 3 is 2.29 bits per heavy atom. The maximum absolute atomic E-state index is 5.53. The topological polar surface area (TPSA) is 33.4 Å². The molecule has 0 spiro atoms. The molecule has 3 heterocycles. The Balaban J connectivity index is 1.36. The van der Waals surface area contributed by atoms with E-state index in [1.807, 2.05) is 0 Å². The van der Waals surface area contributed by atoms with Crippen LogP contribution in [0.3, 0.4) is 0 Å². The van der Waals surface area contributed by atoms with Crippen molar-refractivity contribution >= 4 is 56.1 Å². The Labute approximate surface area is 278 Å². The third-order valence-corrected chi connectivity index (χ3v) is 11.7. The normalized spacial score (nSPS) is 19.9. The molecule has 48 heavy (non-hydrogen) atoms. The minimum absolute atomic E-state index is 0.0148. The maximum atomic E-state index is 5.53. The van der Waals surface area contributed by atoms with E-state index >= 15 is 0 Å². The van der Waals surface area contributed by atoms with Gasteiger partial charge in [-0.05, 0) is 87.0 Å². The largest absolute Gasteiger partial charge is 0.303 e. The van der Waals surface area contributed by atoms with Crippen molar-refractivity contribution in [2.75, 3.05) is 4.90 Å². The lowest BCUT2D eigenvalue weighted by Gasteiger charge is -2.40. The van der Waals surface area contributed by atoms with Crippen molar-refractivity contribution in [2.45, 2.75) is 37.6 Å². The lowest BCUT2D eigenvalue weighted by molar-refractivity contribution is 0.527. The number of fused-ring (bicyclic) bond motifs is 13. The van der Waals surface area contributed by atoms with Gasteiger partial charge in [-0.2, -0.15) is 0 Å². The van der Waals surface area contributed by atoms with Gasteiger partial charge in [0.25, 0.3) is 0 Å². The van der Waals surface area contributed by atoms with Gasteiger partial charge in [-0.3, -0.25) is 4.40 Å². The summed E-state index contributed by atoms with van der Waals surface area (Å²) in [5.41, 5.74) is 14.1. The van der Waals surface area contributed by atoms with Crippen LogP contribution in [0.5, 0.6) is 0 Å². The van der Waals surface area contributed by atoms with Gasteiger partial charge in [-0.15, -0.1) is 0 Å². The van der Waals surface area contributed by atoms with Crippen LogP contribution >= 0.6 is 0 Å². The minimum Gasteiger partial charge on any atom is -0.303 e. The van der Waals surface area contributed by atoms with E-state index in [1.165, 1.54) is 55.4 Å². The number of rotatable bonds is 1. The van der Waals surface area contributed by atoms with Crippen molar-refractivity contribution in [1.82, 2.24) is 14.4 Å². The van der Waals surface area contributed by atoms with Crippen molar-refractivity contribution in [3.8, 4) is 11.1 Å². The summed E-state index contributed by atoms with van der Waals surface area (Å²) < 4.78 is 2.30. The van der Waals surface area contributed by atoms with Crippen molar-refractivity contribution in [3.63, 3.8) is 0 Å². The van der Waals surface area contributed by atoms with E-state index in [0.29, 0.717) is 0 Å². The molecule has 0 N–H and O–H groups in total. The van der Waals surface area contributed by atoms with Crippen LogP contribution < -0.4 is 4.90 Å². The molecule has 2 aromatic heterocycles. The van der Waals surface area contributed by atoms with Gasteiger partial charge in [-0.25, -0.2) is 9.97 Å². The first-order valence-electron chi connectivity index (χ1n) is 16.9. The molecule has 11 rings (SSSR count). The predicted octanol–water partition coefficient (Wildman–Crippen LogP) is 10.3. The molecular weight excluding hydrogens is 585 g/mol. The molecule has 0 saturated carbocycles. The summed E-state index contributed by atoms with van der Waals surface area (Å²) >= 11 is 0. The fourth-order valence-electron chi connectivity index (χ4n) is 9.50. The fraction of sp³-hybridized carbons (Fsp3) is 0.136. The zero-order chi connectivity index (χ0) is 31.9. The van der Waals surface area contributed by atoms with Crippen molar-refractivity contribution in [3.05, 3.63) is 155 Å². The first-order chi connectivity index (χ1) is 23.5. The summed E-state index contributed by atoms with van der Waals surface area (Å²) in [4.78, 5) is 13.3. The highest BCUT2D eigenvalue weighted by Gasteiger charge is 2.54. The van der Waals surface area contributed by atoms with E-state index < -0.39 is 0 Å². The van der Waals surface area contributed by atoms with Crippen LogP contribution in [0.4, 0.5) is 11.6 Å². The van der Waals surface area contributed by atoms with Crippen LogP contribution in [0.15, 0.2) is 127 Å². The summed E-state index contributed by atoms with van der Waals surface area (Å²) in [6.45, 7) is 7.23. The van der Waals surface area contributed by atoms with Gasteiger partial charge in [0.2, 0.25) is 5.95 Å². The van der Waals surface area contributed by atoms with E-state index in [9.17, 15) is 0 Å². The number of aromatic nitrogens is 3. The third-order valence-electron chi connectivity index (χ3n) is 11.7. The third kappa shape index (κ3) is 3.02. The Bertz CT molecular complexity index is 2750. The molecule has 6 aromatic carbocycles. The number of imidazole rings is 1. The van der Waals surface area contributed by atoms with Gasteiger partial charge in [0.05, 0.1) is 22.6 Å². The van der Waals surface area contributed by atoms with Crippen LogP contribution in [-0.4, -0.2) is 20.4 Å². The van der Waals surface area contributed by atoms with E-state index in [4.69, 9.17) is 9.97 Å². The number of anilines is 2. The SMILES string of the molecule is CC1(C)c2ccccc2-c2c3c(cc4cccc1c24)N(c1nc2ccccc2c2nc4ccccc4n12)C1C=Cc2ccccc2C31C. The lowest BCUT2D eigenvalue weighted by Crippen LogP contribution is -2.43. The minimum atomic E-state index is -0.359. The van der Waals surface area contributed by atoms with Crippen molar-refractivity contribution < 1.29 is 0 Å². The lowest BCUT2D eigenvalue weighted by atomic mass is 9.62. The fourth-order valence-corrected chi connectivity index (χ4v) is 9.50. The Hall–Kier alpha value is -5.74. The van der Waals surface area contributed by atoms with E-state index in [1.54, 1.807) is 0 Å². The van der Waals surface area contributed by atoms with Crippen LogP contribution in [0.2, 0.25) is 0 Å². The molecule has 2 atom stereocenters. The second kappa shape index (κ2) is 8.78. The van der Waals surface area contributed by atoms with Gasteiger partial charge in [-0.1, -0.05) is 117 Å². The van der Waals surface area contributed by atoms with E-state index in [0.717, 1.165) is 33.5 Å². The van der Waals surface area contributed by atoms with Gasteiger partial charge in [0, 0.05) is 21.9 Å². The van der Waals surface area contributed by atoms with Crippen LogP contribution in [0, 0.1) is 0 Å². The molecule has 2 unspecified atom stereocenters. The van der Waals surface area contributed by atoms with Gasteiger partial charge < -0.3 is 4.90 Å². The molecule has 2 aliphatic carbocycles. The molecule has 3 aliphatic rings. The first-order valence-corrected chi connectivity index (χ1v) is 16.9. The summed E-state index contributed by atoms with van der Waals surface area (Å²) in [5.74, 6) is 0.892. The Kier molecular flexibility index (Phi) is 4.82. The van der Waals surface area contributed by atoms with Crippen molar-refractivity contribution in [2.24, 2.45) is 0 Å². The van der Waals surface area contributed by atoms with E-state index in [2.05, 4.69) is 164 Å². The molecule has 0 fully saturated rings. The number of nitrogens with zero attached hydrogens (tertiary/aromatic N) is 4. The summed E-state index contributed by atoms with van der Waals surface area (Å²) in [6, 6.07) is 44.3. The molecule has 8 aromatic rings. The quantitative estimate of drug-likeness (QED) is 0.184. The average Bonchev–Trinajstić information content (AvgIpc) is 3.63.